The van der Waals surface area contributed by atoms with Crippen LogP contribution in [-0.4, -0.2) is 37.9 Å². The zero-order valence-electron chi connectivity index (χ0n) is 12.0. The number of ether oxygens (including phenoxy) is 2. The highest BCUT2D eigenvalue weighted by Crippen LogP contribution is 2.42. The molecular formula is C16H22N2O2. The number of fused-ring (bicyclic) bond motifs is 1. The number of nitrogens with one attached hydrogen (secondary N) is 1. The minimum absolute atomic E-state index is 0.325. The number of nitrogens with zero attached hydrogens (tertiary/aromatic N) is 1. The standard InChI is InChI=1S/C16H22N2O2/c1-12(2)10-14(18-8-6-17-7-9-18)13-4-3-5-15-16(13)20-11-19-15/h3-5,14,17H,1,6-11H2,2H3/t14-/m0/s1. The maximum Gasteiger partial charge on any atom is 0.231 e. The second kappa shape index (κ2) is 5.85. The van der Waals surface area contributed by atoms with Gasteiger partial charge < -0.3 is 14.8 Å². The second-order valence-electron chi connectivity index (χ2n) is 5.54. The van der Waals surface area contributed by atoms with Gasteiger partial charge in [0, 0.05) is 37.8 Å². The number of hydrogen-bond donors (Lipinski definition) is 1. The fourth-order valence-electron chi connectivity index (χ4n) is 2.97. The quantitative estimate of drug-likeness (QED) is 0.854. The van der Waals surface area contributed by atoms with E-state index in [2.05, 4.69) is 35.9 Å². The maximum absolute atomic E-state index is 5.69. The summed E-state index contributed by atoms with van der Waals surface area (Å²) in [7, 11) is 0. The average Bonchev–Trinajstić information content (AvgIpc) is 2.94. The Morgan fingerprint density at radius 3 is 2.90 bits per heavy atom. The smallest absolute Gasteiger partial charge is 0.231 e. The van der Waals surface area contributed by atoms with Gasteiger partial charge in [0.05, 0.1) is 0 Å². The van der Waals surface area contributed by atoms with Crippen LogP contribution in [0.15, 0.2) is 30.4 Å². The molecule has 20 heavy (non-hydrogen) atoms. The van der Waals surface area contributed by atoms with E-state index in [0.717, 1.165) is 44.1 Å². The molecule has 4 heteroatoms. The Hall–Kier alpha value is -1.52. The van der Waals surface area contributed by atoms with Crippen LogP contribution in [0.25, 0.3) is 0 Å². The molecule has 108 valence electrons. The van der Waals surface area contributed by atoms with Gasteiger partial charge in [0.1, 0.15) is 0 Å². The van der Waals surface area contributed by atoms with Crippen molar-refractivity contribution in [1.29, 1.82) is 0 Å². The molecule has 0 spiro atoms. The molecule has 0 aromatic heterocycles. The van der Waals surface area contributed by atoms with Gasteiger partial charge in [-0.2, -0.15) is 0 Å². The van der Waals surface area contributed by atoms with Gasteiger partial charge in [-0.05, 0) is 19.4 Å². The molecule has 0 aliphatic carbocycles. The first kappa shape index (κ1) is 13.5. The highest BCUT2D eigenvalue weighted by molar-refractivity contribution is 5.49. The molecule has 0 unspecified atom stereocenters. The van der Waals surface area contributed by atoms with E-state index in [1.165, 1.54) is 11.1 Å². The summed E-state index contributed by atoms with van der Waals surface area (Å²) in [5.41, 5.74) is 2.43. The summed E-state index contributed by atoms with van der Waals surface area (Å²) in [5, 5.41) is 3.41. The second-order valence-corrected chi connectivity index (χ2v) is 5.54. The zero-order valence-corrected chi connectivity index (χ0v) is 12.0. The molecule has 1 atom stereocenters. The van der Waals surface area contributed by atoms with Crippen LogP contribution in [0.2, 0.25) is 0 Å². The third-order valence-corrected chi connectivity index (χ3v) is 3.92. The van der Waals surface area contributed by atoms with Crippen molar-refractivity contribution in [1.82, 2.24) is 10.2 Å². The first-order chi connectivity index (χ1) is 9.75. The van der Waals surface area contributed by atoms with Gasteiger partial charge >= 0.3 is 0 Å². The fraction of sp³-hybridized carbons (Fsp3) is 0.500. The third-order valence-electron chi connectivity index (χ3n) is 3.92. The van der Waals surface area contributed by atoms with E-state index in [1.54, 1.807) is 0 Å². The zero-order chi connectivity index (χ0) is 13.9. The van der Waals surface area contributed by atoms with Crippen molar-refractivity contribution in [2.45, 2.75) is 19.4 Å². The number of hydrogen-bond acceptors (Lipinski definition) is 4. The highest BCUT2D eigenvalue weighted by Gasteiger charge is 2.28. The molecule has 3 rings (SSSR count). The summed E-state index contributed by atoms with van der Waals surface area (Å²) in [5.74, 6) is 1.78. The highest BCUT2D eigenvalue weighted by atomic mass is 16.7. The van der Waals surface area contributed by atoms with Crippen LogP contribution < -0.4 is 14.8 Å². The van der Waals surface area contributed by atoms with Gasteiger partial charge in [-0.15, -0.1) is 6.58 Å². The molecule has 2 aliphatic rings. The van der Waals surface area contributed by atoms with E-state index in [0.29, 0.717) is 12.8 Å². The summed E-state index contributed by atoms with van der Waals surface area (Å²) in [6.45, 7) is 10.7. The monoisotopic (exact) mass is 274 g/mol. The summed E-state index contributed by atoms with van der Waals surface area (Å²) < 4.78 is 11.2. The van der Waals surface area contributed by atoms with Gasteiger partial charge in [-0.1, -0.05) is 17.7 Å². The first-order valence-electron chi connectivity index (χ1n) is 7.23. The normalized spacial score (nSPS) is 19.9. The van der Waals surface area contributed by atoms with Crippen molar-refractivity contribution in [3.05, 3.63) is 35.9 Å². The predicted molar refractivity (Wildman–Crippen MR) is 79.2 cm³/mol. The summed E-state index contributed by atoms with van der Waals surface area (Å²) in [6, 6.07) is 6.51. The Bertz CT molecular complexity index is 495. The van der Waals surface area contributed by atoms with Crippen molar-refractivity contribution in [2.24, 2.45) is 0 Å². The van der Waals surface area contributed by atoms with Crippen LogP contribution in [0.3, 0.4) is 0 Å². The predicted octanol–water partition coefficient (Wildman–Crippen LogP) is 2.33. The molecule has 1 aromatic carbocycles. The molecule has 1 saturated heterocycles. The van der Waals surface area contributed by atoms with Crippen molar-refractivity contribution in [3.8, 4) is 11.5 Å². The fourth-order valence-corrected chi connectivity index (χ4v) is 2.97. The third kappa shape index (κ3) is 2.67. The van der Waals surface area contributed by atoms with Crippen LogP contribution in [0, 0.1) is 0 Å². The van der Waals surface area contributed by atoms with E-state index in [9.17, 15) is 0 Å². The van der Waals surface area contributed by atoms with Crippen molar-refractivity contribution >= 4 is 0 Å². The van der Waals surface area contributed by atoms with Gasteiger partial charge in [0.15, 0.2) is 11.5 Å². The van der Waals surface area contributed by atoms with E-state index in [-0.39, 0.29) is 0 Å². The molecule has 1 aromatic rings. The summed E-state index contributed by atoms with van der Waals surface area (Å²) >= 11 is 0. The van der Waals surface area contributed by atoms with E-state index in [1.807, 2.05) is 6.07 Å². The average molecular weight is 274 g/mol. The minimum Gasteiger partial charge on any atom is -0.454 e. The Morgan fingerprint density at radius 1 is 1.35 bits per heavy atom. The van der Waals surface area contributed by atoms with Gasteiger partial charge in [-0.3, -0.25) is 4.90 Å². The molecule has 1 fully saturated rings. The summed E-state index contributed by atoms with van der Waals surface area (Å²) in [6.07, 6.45) is 0.958. The van der Waals surface area contributed by atoms with Gasteiger partial charge in [0.2, 0.25) is 6.79 Å². The van der Waals surface area contributed by atoms with Gasteiger partial charge in [0.25, 0.3) is 0 Å². The number of piperazine rings is 1. The molecule has 1 N–H and O–H groups in total. The molecule has 0 saturated carbocycles. The molecule has 2 aliphatic heterocycles. The summed E-state index contributed by atoms with van der Waals surface area (Å²) in [4.78, 5) is 2.52. The topological polar surface area (TPSA) is 33.7 Å². The minimum atomic E-state index is 0.325. The maximum atomic E-state index is 5.69. The Kier molecular flexibility index (Phi) is 3.94. The van der Waals surface area contributed by atoms with Crippen molar-refractivity contribution < 1.29 is 9.47 Å². The lowest BCUT2D eigenvalue weighted by Crippen LogP contribution is -2.45. The molecular weight excluding hydrogens is 252 g/mol. The van der Waals surface area contributed by atoms with E-state index >= 15 is 0 Å². The lowest BCUT2D eigenvalue weighted by molar-refractivity contribution is 0.158. The van der Waals surface area contributed by atoms with E-state index in [4.69, 9.17) is 9.47 Å². The van der Waals surface area contributed by atoms with Gasteiger partial charge in [-0.25, -0.2) is 0 Å². The molecule has 2 heterocycles. The number of rotatable bonds is 4. The van der Waals surface area contributed by atoms with Crippen molar-refractivity contribution in [3.63, 3.8) is 0 Å². The SMILES string of the molecule is C=C(C)C[C@@H](c1cccc2c1OCO2)N1CCNCC1. The van der Waals surface area contributed by atoms with Crippen LogP contribution >= 0.6 is 0 Å². The largest absolute Gasteiger partial charge is 0.454 e. The molecule has 0 amide bonds. The molecule has 0 bridgehead atoms. The Labute approximate surface area is 120 Å². The van der Waals surface area contributed by atoms with Crippen LogP contribution in [-0.2, 0) is 0 Å². The van der Waals surface area contributed by atoms with Crippen LogP contribution in [0.1, 0.15) is 24.9 Å². The van der Waals surface area contributed by atoms with E-state index < -0.39 is 0 Å². The molecule has 0 radical (unpaired) electrons. The van der Waals surface area contributed by atoms with Crippen molar-refractivity contribution in [2.75, 3.05) is 33.0 Å². The van der Waals surface area contributed by atoms with Crippen LogP contribution in [0.5, 0.6) is 11.5 Å². The van der Waals surface area contributed by atoms with Crippen LogP contribution in [0.4, 0.5) is 0 Å². The number of para-hydroxylation sites is 1. The molecule has 4 nitrogen and oxygen atoms in total. The number of benzene rings is 1. The Morgan fingerprint density at radius 2 is 2.15 bits per heavy atom. The first-order valence-corrected chi connectivity index (χ1v) is 7.23. The lowest BCUT2D eigenvalue weighted by atomic mass is 9.97. The lowest BCUT2D eigenvalue weighted by Gasteiger charge is -2.35. The Balaban J connectivity index is 1.92.